The van der Waals surface area contributed by atoms with Crippen LogP contribution in [0.1, 0.15) is 23.6 Å². The summed E-state index contributed by atoms with van der Waals surface area (Å²) in [5, 5.41) is 12.1. The van der Waals surface area contributed by atoms with Gasteiger partial charge in [-0.2, -0.15) is 5.10 Å². The van der Waals surface area contributed by atoms with Crippen LogP contribution in [0.25, 0.3) is 0 Å². The molecule has 0 saturated heterocycles. The highest BCUT2D eigenvalue weighted by molar-refractivity contribution is 7.89. The highest BCUT2D eigenvalue weighted by atomic mass is 32.2. The van der Waals surface area contributed by atoms with Gasteiger partial charge < -0.3 is 28.4 Å². The highest BCUT2D eigenvalue weighted by Crippen LogP contribution is 2.45. The molecule has 0 spiro atoms. The molecule has 4 rings (SSSR count). The van der Waals surface area contributed by atoms with E-state index in [4.69, 9.17) is 38.7 Å². The number of nitrogens with zero attached hydrogens (tertiary/aromatic N) is 2. The molecule has 1 aliphatic rings. The topological polar surface area (TPSA) is 131 Å². The first-order valence-electron chi connectivity index (χ1n) is 11.8. The summed E-state index contributed by atoms with van der Waals surface area (Å²) >= 11 is 0. The SMILES string of the molecule is COc1cc(C2=NN(c3ccc(S(N)(=O)=O)cc3)C(c3cc(OC)c(OC)c(OC)c3)C2)cc(OC)c1OC. The van der Waals surface area contributed by atoms with Crippen molar-refractivity contribution >= 4 is 21.4 Å². The van der Waals surface area contributed by atoms with E-state index in [1.807, 2.05) is 29.3 Å². The lowest BCUT2D eigenvalue weighted by atomic mass is 9.97. The van der Waals surface area contributed by atoms with Crippen molar-refractivity contribution < 1.29 is 36.8 Å². The Balaban J connectivity index is 1.87. The molecule has 39 heavy (non-hydrogen) atoms. The summed E-state index contributed by atoms with van der Waals surface area (Å²) in [4.78, 5) is 0.00335. The number of benzene rings is 3. The first-order chi connectivity index (χ1) is 18.7. The van der Waals surface area contributed by atoms with Crippen LogP contribution in [0.4, 0.5) is 5.69 Å². The van der Waals surface area contributed by atoms with E-state index >= 15 is 0 Å². The van der Waals surface area contributed by atoms with Crippen LogP contribution in [0.5, 0.6) is 34.5 Å². The van der Waals surface area contributed by atoms with Crippen molar-refractivity contribution in [3.8, 4) is 34.5 Å². The van der Waals surface area contributed by atoms with Crippen molar-refractivity contribution in [3.63, 3.8) is 0 Å². The second-order valence-electron chi connectivity index (χ2n) is 8.52. The average molecular weight is 558 g/mol. The number of hydrogen-bond donors (Lipinski definition) is 1. The Labute approximate surface area is 227 Å². The number of anilines is 1. The molecule has 0 aromatic heterocycles. The lowest BCUT2D eigenvalue weighted by molar-refractivity contribution is 0.323. The molecule has 0 fully saturated rings. The van der Waals surface area contributed by atoms with Crippen LogP contribution in [0, 0.1) is 0 Å². The second-order valence-corrected chi connectivity index (χ2v) is 10.1. The monoisotopic (exact) mass is 557 g/mol. The van der Waals surface area contributed by atoms with Crippen molar-refractivity contribution in [1.29, 1.82) is 0 Å². The highest BCUT2D eigenvalue weighted by Gasteiger charge is 2.33. The van der Waals surface area contributed by atoms with Crippen LogP contribution in [-0.2, 0) is 10.0 Å². The molecule has 12 heteroatoms. The molecule has 0 amide bonds. The van der Waals surface area contributed by atoms with Gasteiger partial charge in [-0.3, -0.25) is 5.01 Å². The zero-order valence-corrected chi connectivity index (χ0v) is 23.4. The van der Waals surface area contributed by atoms with Crippen LogP contribution in [0.3, 0.4) is 0 Å². The Hall–Kier alpha value is -4.16. The largest absolute Gasteiger partial charge is 0.493 e. The van der Waals surface area contributed by atoms with Gasteiger partial charge in [0.1, 0.15) is 0 Å². The number of sulfonamides is 1. The molecule has 3 aromatic rings. The van der Waals surface area contributed by atoms with Gasteiger partial charge in [-0.05, 0) is 54.1 Å². The number of nitrogens with two attached hydrogens (primary N) is 1. The van der Waals surface area contributed by atoms with Crippen LogP contribution in [-0.4, -0.2) is 56.8 Å². The van der Waals surface area contributed by atoms with Crippen LogP contribution >= 0.6 is 0 Å². The lowest BCUT2D eigenvalue weighted by Gasteiger charge is -2.25. The Morgan fingerprint density at radius 3 is 1.62 bits per heavy atom. The van der Waals surface area contributed by atoms with E-state index < -0.39 is 10.0 Å². The fraction of sp³-hybridized carbons (Fsp3) is 0.296. The standard InChI is InChI=1S/C27H31N3O8S/c1-33-22-11-16(12-23(34-2)26(22)37-5)20-15-21(17-13-24(35-3)27(38-6)25(14-17)36-4)30(29-20)18-7-9-19(10-8-18)39(28,31)32/h7-14,21H,15H2,1-6H3,(H2,28,31,32). The average Bonchev–Trinajstić information content (AvgIpc) is 3.40. The van der Waals surface area contributed by atoms with Gasteiger partial charge in [0.15, 0.2) is 23.0 Å². The molecule has 3 aromatic carbocycles. The van der Waals surface area contributed by atoms with Gasteiger partial charge in [0, 0.05) is 12.0 Å². The molecule has 2 N–H and O–H groups in total. The van der Waals surface area contributed by atoms with Gasteiger partial charge in [-0.1, -0.05) is 0 Å². The molecule has 208 valence electrons. The molecule has 1 heterocycles. The van der Waals surface area contributed by atoms with Gasteiger partial charge >= 0.3 is 0 Å². The minimum atomic E-state index is -3.85. The summed E-state index contributed by atoms with van der Waals surface area (Å²) in [6.07, 6.45) is 0.480. The number of hydrogen-bond acceptors (Lipinski definition) is 10. The molecule has 1 unspecified atom stereocenters. The smallest absolute Gasteiger partial charge is 0.238 e. The van der Waals surface area contributed by atoms with E-state index in [0.29, 0.717) is 46.6 Å². The fourth-order valence-corrected chi connectivity index (χ4v) is 5.03. The third kappa shape index (κ3) is 5.38. The summed E-state index contributed by atoms with van der Waals surface area (Å²) in [6.45, 7) is 0. The van der Waals surface area contributed by atoms with E-state index in [1.165, 1.54) is 12.1 Å². The maximum atomic E-state index is 11.8. The summed E-state index contributed by atoms with van der Waals surface area (Å²) in [6, 6.07) is 13.3. The van der Waals surface area contributed by atoms with E-state index in [-0.39, 0.29) is 10.9 Å². The molecule has 0 aliphatic carbocycles. The number of primary sulfonamides is 1. The molecular formula is C27H31N3O8S. The summed E-state index contributed by atoms with van der Waals surface area (Å²) in [7, 11) is 5.44. The van der Waals surface area contributed by atoms with Crippen molar-refractivity contribution in [2.75, 3.05) is 47.7 Å². The predicted octanol–water partition coefficient (Wildman–Crippen LogP) is 3.74. The second kappa shape index (κ2) is 11.3. The summed E-state index contributed by atoms with van der Waals surface area (Å²) in [5.74, 6) is 2.93. The molecule has 0 bridgehead atoms. The van der Waals surface area contributed by atoms with E-state index in [2.05, 4.69) is 0 Å². The van der Waals surface area contributed by atoms with E-state index in [9.17, 15) is 8.42 Å². The summed E-state index contributed by atoms with van der Waals surface area (Å²) in [5.41, 5.74) is 3.00. The Bertz CT molecular complexity index is 1440. The van der Waals surface area contributed by atoms with Gasteiger partial charge in [0.05, 0.1) is 65.0 Å². The van der Waals surface area contributed by atoms with Crippen molar-refractivity contribution in [3.05, 3.63) is 59.7 Å². The Kier molecular flexibility index (Phi) is 8.07. The minimum Gasteiger partial charge on any atom is -0.493 e. The summed E-state index contributed by atoms with van der Waals surface area (Å²) < 4.78 is 56.9. The molecular weight excluding hydrogens is 526 g/mol. The normalized spacial score (nSPS) is 15.0. The maximum absolute atomic E-state index is 11.8. The lowest BCUT2D eigenvalue weighted by Crippen LogP contribution is -2.19. The molecule has 1 aliphatic heterocycles. The molecule has 11 nitrogen and oxygen atoms in total. The Morgan fingerprint density at radius 2 is 1.21 bits per heavy atom. The first-order valence-corrected chi connectivity index (χ1v) is 13.3. The van der Waals surface area contributed by atoms with Gasteiger partial charge in [0.2, 0.25) is 21.5 Å². The van der Waals surface area contributed by atoms with Gasteiger partial charge in [-0.25, -0.2) is 13.6 Å². The van der Waals surface area contributed by atoms with Gasteiger partial charge in [0.25, 0.3) is 0 Å². The van der Waals surface area contributed by atoms with Crippen molar-refractivity contribution in [1.82, 2.24) is 0 Å². The number of ether oxygens (including phenoxy) is 6. The predicted molar refractivity (Wildman–Crippen MR) is 146 cm³/mol. The van der Waals surface area contributed by atoms with Crippen molar-refractivity contribution in [2.24, 2.45) is 10.2 Å². The quantitative estimate of drug-likeness (QED) is 0.396. The zero-order chi connectivity index (χ0) is 28.3. The third-order valence-electron chi connectivity index (χ3n) is 6.41. The fourth-order valence-electron chi connectivity index (χ4n) is 4.51. The third-order valence-corrected chi connectivity index (χ3v) is 7.34. The van der Waals surface area contributed by atoms with E-state index in [0.717, 1.165) is 16.8 Å². The minimum absolute atomic E-state index is 0.00335. The number of hydrazone groups is 1. The number of methoxy groups -OCH3 is 6. The first kappa shape index (κ1) is 27.9. The Morgan fingerprint density at radius 1 is 0.744 bits per heavy atom. The van der Waals surface area contributed by atoms with Crippen LogP contribution in [0.15, 0.2) is 58.5 Å². The number of rotatable bonds is 10. The van der Waals surface area contributed by atoms with Gasteiger partial charge in [-0.15, -0.1) is 0 Å². The molecule has 0 radical (unpaired) electrons. The van der Waals surface area contributed by atoms with Crippen molar-refractivity contribution in [2.45, 2.75) is 17.4 Å². The van der Waals surface area contributed by atoms with Crippen LogP contribution < -0.4 is 38.6 Å². The zero-order valence-electron chi connectivity index (χ0n) is 22.5. The molecule has 0 saturated carbocycles. The van der Waals surface area contributed by atoms with E-state index in [1.54, 1.807) is 54.8 Å². The maximum Gasteiger partial charge on any atom is 0.238 e. The molecule has 1 atom stereocenters. The van der Waals surface area contributed by atoms with Crippen LogP contribution in [0.2, 0.25) is 0 Å².